The summed E-state index contributed by atoms with van der Waals surface area (Å²) in [6, 6.07) is 14.3. The highest BCUT2D eigenvalue weighted by Crippen LogP contribution is 2.24. The lowest BCUT2D eigenvalue weighted by Gasteiger charge is -2.36. The highest BCUT2D eigenvalue weighted by Gasteiger charge is 2.22. The molecule has 0 spiro atoms. The van der Waals surface area contributed by atoms with E-state index >= 15 is 0 Å². The van der Waals surface area contributed by atoms with E-state index in [1.54, 1.807) is 13.4 Å². The topological polar surface area (TPSA) is 63.5 Å². The number of aryl methyl sites for hydroxylation is 2. The van der Waals surface area contributed by atoms with E-state index in [4.69, 9.17) is 4.74 Å². The number of hydrogen-bond acceptors (Lipinski definition) is 6. The molecule has 0 N–H and O–H groups in total. The fourth-order valence-electron chi connectivity index (χ4n) is 3.61. The SMILES string of the molecule is COc1cccc(N2CCN(C(=O)CSc3nncn3-c3ccc(C)c(C)c3)CC2)c1. The summed E-state index contributed by atoms with van der Waals surface area (Å²) in [5, 5.41) is 8.99. The minimum absolute atomic E-state index is 0.130. The Morgan fingerprint density at radius 3 is 2.58 bits per heavy atom. The summed E-state index contributed by atoms with van der Waals surface area (Å²) in [7, 11) is 1.67. The number of rotatable bonds is 6. The van der Waals surface area contributed by atoms with Gasteiger partial charge in [0.2, 0.25) is 5.91 Å². The summed E-state index contributed by atoms with van der Waals surface area (Å²) in [4.78, 5) is 17.0. The third kappa shape index (κ3) is 4.85. The lowest BCUT2D eigenvalue weighted by atomic mass is 10.1. The van der Waals surface area contributed by atoms with Crippen molar-refractivity contribution in [3.8, 4) is 11.4 Å². The maximum absolute atomic E-state index is 12.8. The fraction of sp³-hybridized carbons (Fsp3) is 0.348. The van der Waals surface area contributed by atoms with Crippen LogP contribution in [0.5, 0.6) is 5.75 Å². The third-order valence-corrected chi connectivity index (χ3v) is 6.59. The van der Waals surface area contributed by atoms with Gasteiger partial charge in [-0.1, -0.05) is 23.9 Å². The van der Waals surface area contributed by atoms with Crippen LogP contribution in [0.15, 0.2) is 53.9 Å². The van der Waals surface area contributed by atoms with E-state index in [2.05, 4.69) is 53.2 Å². The Morgan fingerprint density at radius 1 is 1.03 bits per heavy atom. The summed E-state index contributed by atoms with van der Waals surface area (Å²) < 4.78 is 7.25. The largest absolute Gasteiger partial charge is 0.497 e. The molecule has 1 amide bonds. The van der Waals surface area contributed by atoms with E-state index in [1.807, 2.05) is 27.7 Å². The van der Waals surface area contributed by atoms with Crippen molar-refractivity contribution in [2.24, 2.45) is 0 Å². The number of aromatic nitrogens is 3. The Labute approximate surface area is 187 Å². The van der Waals surface area contributed by atoms with Gasteiger partial charge in [0.25, 0.3) is 0 Å². The average Bonchev–Trinajstić information content (AvgIpc) is 3.28. The summed E-state index contributed by atoms with van der Waals surface area (Å²) in [6.45, 7) is 7.21. The lowest BCUT2D eigenvalue weighted by molar-refractivity contribution is -0.128. The Kier molecular flexibility index (Phi) is 6.46. The zero-order valence-electron chi connectivity index (χ0n) is 18.1. The number of ether oxygens (including phenoxy) is 1. The number of benzene rings is 2. The monoisotopic (exact) mass is 437 g/mol. The Morgan fingerprint density at radius 2 is 1.84 bits per heavy atom. The van der Waals surface area contributed by atoms with Crippen LogP contribution in [-0.4, -0.2) is 64.6 Å². The molecule has 0 saturated carbocycles. The summed E-state index contributed by atoms with van der Waals surface area (Å²) in [5.74, 6) is 1.33. The van der Waals surface area contributed by atoms with Gasteiger partial charge in [0, 0.05) is 43.6 Å². The second kappa shape index (κ2) is 9.43. The first kappa shape index (κ1) is 21.2. The molecule has 1 aliphatic rings. The van der Waals surface area contributed by atoms with Crippen LogP contribution >= 0.6 is 11.8 Å². The Hall–Kier alpha value is -3.00. The van der Waals surface area contributed by atoms with Crippen molar-refractivity contribution in [1.82, 2.24) is 19.7 Å². The van der Waals surface area contributed by atoms with Crippen LogP contribution < -0.4 is 9.64 Å². The van der Waals surface area contributed by atoms with E-state index < -0.39 is 0 Å². The quantitative estimate of drug-likeness (QED) is 0.551. The molecule has 1 saturated heterocycles. The molecule has 0 radical (unpaired) electrons. The first-order valence-electron chi connectivity index (χ1n) is 10.3. The molecule has 1 aliphatic heterocycles. The molecule has 162 valence electrons. The van der Waals surface area contributed by atoms with Crippen LogP contribution in [0, 0.1) is 13.8 Å². The van der Waals surface area contributed by atoms with Crippen LogP contribution in [0.4, 0.5) is 5.69 Å². The van der Waals surface area contributed by atoms with Gasteiger partial charge in [-0.05, 0) is 49.2 Å². The molecule has 1 fully saturated rings. The minimum atomic E-state index is 0.130. The molecule has 0 aliphatic carbocycles. The number of hydrogen-bond donors (Lipinski definition) is 0. The molecule has 2 heterocycles. The van der Waals surface area contributed by atoms with Crippen molar-refractivity contribution < 1.29 is 9.53 Å². The number of methoxy groups -OCH3 is 1. The molecule has 31 heavy (non-hydrogen) atoms. The Bertz CT molecular complexity index is 1060. The van der Waals surface area contributed by atoms with Crippen LogP contribution in [0.25, 0.3) is 5.69 Å². The Balaban J connectivity index is 1.33. The molecule has 0 atom stereocenters. The van der Waals surface area contributed by atoms with Gasteiger partial charge in [0.15, 0.2) is 5.16 Å². The van der Waals surface area contributed by atoms with Crippen molar-refractivity contribution >= 4 is 23.4 Å². The predicted octanol–water partition coefficient (Wildman–Crippen LogP) is 3.33. The number of nitrogens with zero attached hydrogens (tertiary/aromatic N) is 5. The second-order valence-electron chi connectivity index (χ2n) is 7.61. The van der Waals surface area contributed by atoms with Gasteiger partial charge in [-0.3, -0.25) is 9.36 Å². The highest BCUT2D eigenvalue weighted by atomic mass is 32.2. The minimum Gasteiger partial charge on any atom is -0.497 e. The first-order valence-corrected chi connectivity index (χ1v) is 11.3. The first-order chi connectivity index (χ1) is 15.0. The fourth-order valence-corrected chi connectivity index (χ4v) is 4.45. The molecule has 3 aromatic rings. The smallest absolute Gasteiger partial charge is 0.233 e. The zero-order chi connectivity index (χ0) is 21.8. The highest BCUT2D eigenvalue weighted by molar-refractivity contribution is 7.99. The number of piperazine rings is 1. The molecule has 8 heteroatoms. The molecule has 0 unspecified atom stereocenters. The van der Waals surface area contributed by atoms with Crippen molar-refractivity contribution in [2.45, 2.75) is 19.0 Å². The van der Waals surface area contributed by atoms with Crippen LogP contribution in [0.3, 0.4) is 0 Å². The van der Waals surface area contributed by atoms with Gasteiger partial charge in [0.1, 0.15) is 12.1 Å². The predicted molar refractivity (Wildman–Crippen MR) is 123 cm³/mol. The number of amides is 1. The molecule has 4 rings (SSSR count). The number of anilines is 1. The van der Waals surface area contributed by atoms with Crippen LogP contribution in [0.2, 0.25) is 0 Å². The molecule has 7 nitrogen and oxygen atoms in total. The van der Waals surface area contributed by atoms with E-state index in [9.17, 15) is 4.79 Å². The van der Waals surface area contributed by atoms with Crippen LogP contribution in [0.1, 0.15) is 11.1 Å². The number of thioether (sulfide) groups is 1. The van der Waals surface area contributed by atoms with E-state index in [0.29, 0.717) is 18.8 Å². The van der Waals surface area contributed by atoms with Crippen molar-refractivity contribution in [2.75, 3.05) is 43.9 Å². The van der Waals surface area contributed by atoms with E-state index in [-0.39, 0.29) is 5.91 Å². The maximum Gasteiger partial charge on any atom is 0.233 e. The standard InChI is InChI=1S/C23H27N5O2S/c1-17-7-8-20(13-18(17)2)28-16-24-25-23(28)31-15-22(29)27-11-9-26(10-12-27)19-5-4-6-21(14-19)30-3/h4-8,13-14,16H,9-12,15H2,1-3H3. The molecule has 1 aromatic heterocycles. The van der Waals surface area contributed by atoms with Crippen molar-refractivity contribution in [3.05, 3.63) is 59.9 Å². The third-order valence-electron chi connectivity index (χ3n) is 5.66. The summed E-state index contributed by atoms with van der Waals surface area (Å²) >= 11 is 1.43. The van der Waals surface area contributed by atoms with Gasteiger partial charge < -0.3 is 14.5 Å². The average molecular weight is 438 g/mol. The molecule has 0 bridgehead atoms. The van der Waals surface area contributed by atoms with Gasteiger partial charge in [-0.2, -0.15) is 0 Å². The van der Waals surface area contributed by atoms with E-state index in [0.717, 1.165) is 35.4 Å². The van der Waals surface area contributed by atoms with Crippen molar-refractivity contribution in [3.63, 3.8) is 0 Å². The molecular formula is C23H27N5O2S. The molecular weight excluding hydrogens is 410 g/mol. The van der Waals surface area contributed by atoms with E-state index in [1.165, 1.54) is 22.9 Å². The molecule has 2 aromatic carbocycles. The number of carbonyl (C=O) groups excluding carboxylic acids is 1. The van der Waals surface area contributed by atoms with Crippen LogP contribution in [-0.2, 0) is 4.79 Å². The van der Waals surface area contributed by atoms with Gasteiger partial charge in [0.05, 0.1) is 12.9 Å². The maximum atomic E-state index is 12.8. The number of carbonyl (C=O) groups is 1. The van der Waals surface area contributed by atoms with Gasteiger partial charge >= 0.3 is 0 Å². The van der Waals surface area contributed by atoms with Crippen molar-refractivity contribution in [1.29, 1.82) is 0 Å². The normalized spacial score (nSPS) is 14.0. The summed E-state index contributed by atoms with van der Waals surface area (Å²) in [6.07, 6.45) is 1.70. The lowest BCUT2D eigenvalue weighted by Crippen LogP contribution is -2.49. The second-order valence-corrected chi connectivity index (χ2v) is 8.55. The zero-order valence-corrected chi connectivity index (χ0v) is 18.9. The summed E-state index contributed by atoms with van der Waals surface area (Å²) in [5.41, 5.74) is 4.60. The van der Waals surface area contributed by atoms with Gasteiger partial charge in [-0.25, -0.2) is 0 Å². The van der Waals surface area contributed by atoms with Gasteiger partial charge in [-0.15, -0.1) is 10.2 Å².